The highest BCUT2D eigenvalue weighted by molar-refractivity contribution is 6.70. The van der Waals surface area contributed by atoms with Crippen LogP contribution in [0.3, 0.4) is 0 Å². The monoisotopic (exact) mass is 504 g/mol. The van der Waals surface area contributed by atoms with E-state index in [1.165, 1.54) is 12.7 Å². The van der Waals surface area contributed by atoms with Gasteiger partial charge >= 0.3 is 11.9 Å². The lowest BCUT2D eigenvalue weighted by Gasteiger charge is -2.46. The summed E-state index contributed by atoms with van der Waals surface area (Å²) in [6.07, 6.45) is 6.13. The van der Waals surface area contributed by atoms with E-state index in [1.54, 1.807) is 0 Å². The topological polar surface area (TPSA) is 71.1 Å². The highest BCUT2D eigenvalue weighted by atomic mass is 28.4. The first-order chi connectivity index (χ1) is 15.6. The summed E-state index contributed by atoms with van der Waals surface area (Å²) in [5.41, 5.74) is -0.935. The molecule has 2 unspecified atom stereocenters. The fourth-order valence-electron chi connectivity index (χ4n) is 8.32. The molecule has 3 saturated carbocycles. The average Bonchev–Trinajstić information content (AvgIpc) is 3.18. The highest BCUT2D eigenvalue weighted by Gasteiger charge is 2.83. The molecule has 34 heavy (non-hydrogen) atoms. The van der Waals surface area contributed by atoms with Crippen LogP contribution in [0, 0.1) is 34.5 Å². The summed E-state index contributed by atoms with van der Waals surface area (Å²) in [6, 6.07) is 0. The Morgan fingerprint density at radius 2 is 1.79 bits per heavy atom. The van der Waals surface area contributed by atoms with Crippen molar-refractivity contribution in [2.75, 3.05) is 7.11 Å². The third-order valence-corrected chi connectivity index (χ3v) is 11.2. The molecule has 0 radical (unpaired) electrons. The van der Waals surface area contributed by atoms with E-state index >= 15 is 0 Å². The molecule has 4 fully saturated rings. The summed E-state index contributed by atoms with van der Waals surface area (Å²) in [4.78, 5) is 27.3. The van der Waals surface area contributed by atoms with Gasteiger partial charge in [-0.1, -0.05) is 18.2 Å². The predicted molar refractivity (Wildman–Crippen MR) is 134 cm³/mol. The number of ether oxygens (including phenoxy) is 2. The Morgan fingerprint density at radius 1 is 1.15 bits per heavy atom. The zero-order valence-electron chi connectivity index (χ0n) is 21.9. The number of methoxy groups -OCH3 is 1. The largest absolute Gasteiger partial charge is 0.469 e. The van der Waals surface area contributed by atoms with E-state index in [9.17, 15) is 9.59 Å². The van der Waals surface area contributed by atoms with Gasteiger partial charge in [-0.2, -0.15) is 0 Å². The van der Waals surface area contributed by atoms with Gasteiger partial charge in [0.25, 0.3) is 0 Å². The van der Waals surface area contributed by atoms with Crippen LogP contribution in [-0.4, -0.2) is 53.5 Å². The first-order valence-electron chi connectivity index (χ1n) is 12.6. The quantitative estimate of drug-likeness (QED) is 0.307. The molecule has 4 bridgehead atoms. The zero-order chi connectivity index (χ0) is 25.1. The summed E-state index contributed by atoms with van der Waals surface area (Å²) in [6.45, 7) is 19.4. The van der Waals surface area contributed by atoms with Crippen molar-refractivity contribution in [2.24, 2.45) is 34.5 Å². The lowest BCUT2D eigenvalue weighted by molar-refractivity contribution is -0.164. The maximum Gasteiger partial charge on any atom is 0.316 e. The van der Waals surface area contributed by atoms with Crippen molar-refractivity contribution in [3.8, 4) is 0 Å². The standard InChI is InChI=1S/C26H40O6Si2/c1-15-13-25-14-16(15)17(31-33(4,5)6)12-18(25)26-11-10-19(32-34(7,8)9)24(2,23(28)30-26)21(26)20(25)22(27)29-3/h10-11,16-21H,1,12-14H2,2-9H3/t16?,17-,18+,19-,20+,21+,24?,25-,26-/m0/s1. The summed E-state index contributed by atoms with van der Waals surface area (Å²) in [5.74, 6) is -1.04. The van der Waals surface area contributed by atoms with Gasteiger partial charge in [-0.15, -0.1) is 0 Å². The minimum Gasteiger partial charge on any atom is -0.469 e. The molecule has 1 spiro atoms. The van der Waals surface area contributed by atoms with Crippen LogP contribution in [0.1, 0.15) is 26.2 Å². The van der Waals surface area contributed by atoms with Gasteiger partial charge in [0.05, 0.1) is 25.2 Å². The molecule has 5 aliphatic rings. The number of rotatable bonds is 5. The lowest BCUT2D eigenvalue weighted by atomic mass is 9.61. The van der Waals surface area contributed by atoms with Crippen LogP contribution in [0.15, 0.2) is 24.3 Å². The van der Waals surface area contributed by atoms with Crippen molar-refractivity contribution < 1.29 is 27.9 Å². The highest BCUT2D eigenvalue weighted by Crippen LogP contribution is 2.77. The Labute approximate surface area is 205 Å². The van der Waals surface area contributed by atoms with Crippen molar-refractivity contribution in [2.45, 2.75) is 83.3 Å². The molecule has 6 nitrogen and oxygen atoms in total. The van der Waals surface area contributed by atoms with Crippen molar-refractivity contribution in [3.63, 3.8) is 0 Å². The first kappa shape index (κ1) is 24.5. The summed E-state index contributed by atoms with van der Waals surface area (Å²) in [5, 5.41) is 0. The molecule has 0 amide bonds. The van der Waals surface area contributed by atoms with Crippen molar-refractivity contribution in [1.82, 2.24) is 0 Å². The third kappa shape index (κ3) is 3.10. The van der Waals surface area contributed by atoms with Crippen LogP contribution in [-0.2, 0) is 27.9 Å². The summed E-state index contributed by atoms with van der Waals surface area (Å²) >= 11 is 0. The first-order valence-corrected chi connectivity index (χ1v) is 19.4. The van der Waals surface area contributed by atoms with Gasteiger partial charge in [-0.25, -0.2) is 0 Å². The smallest absolute Gasteiger partial charge is 0.316 e. The van der Waals surface area contributed by atoms with Crippen molar-refractivity contribution in [3.05, 3.63) is 24.3 Å². The summed E-state index contributed by atoms with van der Waals surface area (Å²) < 4.78 is 25.1. The minimum absolute atomic E-state index is 0.0131. The Bertz CT molecular complexity index is 979. The van der Waals surface area contributed by atoms with Crippen LogP contribution in [0.5, 0.6) is 0 Å². The molecule has 1 aliphatic heterocycles. The molecular formula is C26H40O6Si2. The van der Waals surface area contributed by atoms with Crippen molar-refractivity contribution in [1.29, 1.82) is 0 Å². The minimum atomic E-state index is -1.98. The van der Waals surface area contributed by atoms with Gasteiger partial charge < -0.3 is 18.3 Å². The van der Waals surface area contributed by atoms with Crippen LogP contribution in [0.4, 0.5) is 0 Å². The Balaban J connectivity index is 1.67. The van der Waals surface area contributed by atoms with E-state index < -0.39 is 39.7 Å². The van der Waals surface area contributed by atoms with E-state index in [2.05, 4.69) is 58.0 Å². The zero-order valence-corrected chi connectivity index (χ0v) is 23.9. The second-order valence-corrected chi connectivity index (χ2v) is 22.4. The van der Waals surface area contributed by atoms with Crippen LogP contribution >= 0.6 is 0 Å². The second-order valence-electron chi connectivity index (χ2n) is 13.4. The van der Waals surface area contributed by atoms with E-state index in [4.69, 9.17) is 18.3 Å². The Kier molecular flexibility index (Phi) is 5.16. The van der Waals surface area contributed by atoms with Crippen molar-refractivity contribution >= 4 is 28.6 Å². The number of carbonyl (C=O) groups is 2. The number of hydrogen-bond acceptors (Lipinski definition) is 6. The third-order valence-electron chi connectivity index (χ3n) is 9.19. The summed E-state index contributed by atoms with van der Waals surface area (Å²) in [7, 11) is -2.33. The molecule has 1 saturated heterocycles. The molecule has 0 aromatic carbocycles. The van der Waals surface area contributed by atoms with Gasteiger partial charge in [-0.05, 0) is 77.0 Å². The van der Waals surface area contributed by atoms with Gasteiger partial charge in [0.2, 0.25) is 0 Å². The number of hydrogen-bond donors (Lipinski definition) is 0. The van der Waals surface area contributed by atoms with Gasteiger partial charge in [0.15, 0.2) is 16.6 Å². The molecule has 8 heteroatoms. The average molecular weight is 505 g/mol. The van der Waals surface area contributed by atoms with E-state index in [0.717, 1.165) is 19.3 Å². The predicted octanol–water partition coefficient (Wildman–Crippen LogP) is 4.69. The molecule has 0 aromatic rings. The molecule has 5 rings (SSSR count). The molecule has 9 atom stereocenters. The van der Waals surface area contributed by atoms with Gasteiger partial charge in [0, 0.05) is 17.8 Å². The van der Waals surface area contributed by atoms with Crippen LogP contribution < -0.4 is 0 Å². The van der Waals surface area contributed by atoms with E-state index in [1.807, 2.05) is 6.92 Å². The number of esters is 2. The molecule has 1 heterocycles. The van der Waals surface area contributed by atoms with Gasteiger partial charge in [0.1, 0.15) is 11.0 Å². The lowest BCUT2D eigenvalue weighted by Crippen LogP contribution is -2.54. The van der Waals surface area contributed by atoms with E-state index in [-0.39, 0.29) is 41.2 Å². The Hall–Kier alpha value is -1.23. The number of carbonyl (C=O) groups excluding carboxylic acids is 2. The number of fused-ring (bicyclic) bond motifs is 1. The van der Waals surface area contributed by atoms with E-state index in [0.29, 0.717) is 0 Å². The fraction of sp³-hybridized carbons (Fsp3) is 0.769. The SMILES string of the molecule is C=C1C[C@]23CC1[C@@H](O[Si](C)(C)C)C[C@H]2[C@]12C=C[C@H](O[Si](C)(C)C)C(C)(C(=O)O1)[C@H]2[C@@H]3C(=O)OC. The maximum atomic E-state index is 13.7. The normalized spacial score (nSPS) is 46.8. The van der Waals surface area contributed by atoms with Gasteiger partial charge in [-0.3, -0.25) is 9.59 Å². The molecular weight excluding hydrogens is 464 g/mol. The molecule has 188 valence electrons. The fourth-order valence-corrected chi connectivity index (χ4v) is 10.6. The van der Waals surface area contributed by atoms with Crippen LogP contribution in [0.2, 0.25) is 39.3 Å². The Morgan fingerprint density at radius 3 is 2.38 bits per heavy atom. The molecule has 4 aliphatic carbocycles. The van der Waals surface area contributed by atoms with Crippen LogP contribution in [0.25, 0.3) is 0 Å². The molecule has 0 N–H and O–H groups in total. The maximum absolute atomic E-state index is 13.7. The second kappa shape index (κ2) is 7.17. The molecule has 0 aromatic heterocycles.